The summed E-state index contributed by atoms with van der Waals surface area (Å²) in [6.07, 6.45) is 0.719. The molecule has 0 saturated heterocycles. The van der Waals surface area contributed by atoms with Crippen molar-refractivity contribution in [1.29, 1.82) is 0 Å². The van der Waals surface area contributed by atoms with Crippen LogP contribution in [0.3, 0.4) is 0 Å². The van der Waals surface area contributed by atoms with Crippen LogP contribution in [0.25, 0.3) is 0 Å². The lowest BCUT2D eigenvalue weighted by molar-refractivity contribution is 0.0503. The Labute approximate surface area is 111 Å². The second-order valence-electron chi connectivity index (χ2n) is 4.50. The van der Waals surface area contributed by atoms with E-state index in [2.05, 4.69) is 0 Å². The van der Waals surface area contributed by atoms with Gasteiger partial charge in [0, 0.05) is 30.2 Å². The number of ketones is 1. The van der Waals surface area contributed by atoms with Crippen molar-refractivity contribution in [2.45, 2.75) is 6.42 Å². The predicted octanol–water partition coefficient (Wildman–Crippen LogP) is 2.80. The Kier molecular flexibility index (Phi) is 3.05. The number of ether oxygens (including phenoxy) is 2. The first-order valence-corrected chi connectivity index (χ1v) is 6.17. The average Bonchev–Trinajstić information content (AvgIpc) is 2.46. The number of carbonyl (C=O) groups is 1. The van der Waals surface area contributed by atoms with E-state index < -0.39 is 0 Å². The molecule has 96 valence electrons. The van der Waals surface area contributed by atoms with Gasteiger partial charge in [0.25, 0.3) is 0 Å². The second kappa shape index (κ2) is 4.86. The van der Waals surface area contributed by atoms with E-state index >= 15 is 0 Å². The maximum absolute atomic E-state index is 12.4. The predicted molar refractivity (Wildman–Crippen MR) is 71.6 cm³/mol. The van der Waals surface area contributed by atoms with Crippen molar-refractivity contribution in [3.05, 3.63) is 64.7 Å². The van der Waals surface area contributed by atoms with Crippen molar-refractivity contribution in [2.75, 3.05) is 13.9 Å². The minimum absolute atomic E-state index is 0.0692. The van der Waals surface area contributed by atoms with Gasteiger partial charge in [-0.15, -0.1) is 0 Å². The van der Waals surface area contributed by atoms with Gasteiger partial charge in [-0.1, -0.05) is 36.4 Å². The Morgan fingerprint density at radius 1 is 1.05 bits per heavy atom. The molecule has 0 N–H and O–H groups in total. The molecule has 0 radical (unpaired) electrons. The van der Waals surface area contributed by atoms with Gasteiger partial charge in [0.1, 0.15) is 5.75 Å². The Morgan fingerprint density at radius 3 is 2.68 bits per heavy atom. The zero-order valence-corrected chi connectivity index (χ0v) is 10.7. The molecular formula is C16H14O3. The van der Waals surface area contributed by atoms with Crippen LogP contribution >= 0.6 is 0 Å². The summed E-state index contributed by atoms with van der Waals surface area (Å²) < 4.78 is 10.5. The minimum Gasteiger partial charge on any atom is -0.467 e. The second-order valence-corrected chi connectivity index (χ2v) is 4.50. The molecule has 0 unspecified atom stereocenters. The van der Waals surface area contributed by atoms with Crippen LogP contribution in [0.2, 0.25) is 0 Å². The Morgan fingerprint density at radius 2 is 1.84 bits per heavy atom. The Bertz CT molecular complexity index is 632. The van der Waals surface area contributed by atoms with Gasteiger partial charge >= 0.3 is 0 Å². The standard InChI is InChI=1S/C16H14O3/c1-18-10-19-15-8-4-7-13-14(15)9-11-5-2-3-6-12(11)16(13)17/h2-8H,9-10H2,1H3. The summed E-state index contributed by atoms with van der Waals surface area (Å²) in [6.45, 7) is 0.187. The first kappa shape index (κ1) is 11.9. The van der Waals surface area contributed by atoms with Crippen LogP contribution in [0.15, 0.2) is 42.5 Å². The molecule has 1 aliphatic carbocycles. The number of rotatable bonds is 3. The van der Waals surface area contributed by atoms with E-state index in [-0.39, 0.29) is 12.6 Å². The molecular weight excluding hydrogens is 240 g/mol. The highest BCUT2D eigenvalue weighted by Crippen LogP contribution is 2.32. The maximum atomic E-state index is 12.4. The zero-order chi connectivity index (χ0) is 13.2. The van der Waals surface area contributed by atoms with E-state index in [1.54, 1.807) is 7.11 Å². The lowest BCUT2D eigenvalue weighted by atomic mass is 9.85. The van der Waals surface area contributed by atoms with Crippen molar-refractivity contribution < 1.29 is 14.3 Å². The highest BCUT2D eigenvalue weighted by atomic mass is 16.7. The fraction of sp³-hybridized carbons (Fsp3) is 0.188. The van der Waals surface area contributed by atoms with Gasteiger partial charge in [0.15, 0.2) is 12.6 Å². The molecule has 3 rings (SSSR count). The molecule has 0 heterocycles. The molecule has 3 heteroatoms. The summed E-state index contributed by atoms with van der Waals surface area (Å²) in [5.74, 6) is 0.793. The molecule has 19 heavy (non-hydrogen) atoms. The van der Waals surface area contributed by atoms with Crippen LogP contribution < -0.4 is 4.74 Å². The molecule has 0 atom stereocenters. The molecule has 1 aliphatic rings. The first-order chi connectivity index (χ1) is 9.31. The highest BCUT2D eigenvalue weighted by molar-refractivity contribution is 6.12. The normalized spacial score (nSPS) is 12.8. The van der Waals surface area contributed by atoms with Gasteiger partial charge in [0.2, 0.25) is 0 Å². The monoisotopic (exact) mass is 254 g/mol. The molecule has 0 spiro atoms. The molecule has 2 aromatic carbocycles. The zero-order valence-electron chi connectivity index (χ0n) is 10.7. The Balaban J connectivity index is 2.07. The van der Waals surface area contributed by atoms with Crippen molar-refractivity contribution in [1.82, 2.24) is 0 Å². The number of methoxy groups -OCH3 is 1. The number of benzene rings is 2. The molecule has 0 fully saturated rings. The minimum atomic E-state index is 0.0692. The SMILES string of the molecule is COCOc1cccc2c1Cc1ccccc1C2=O. The van der Waals surface area contributed by atoms with Gasteiger partial charge in [-0.3, -0.25) is 4.79 Å². The van der Waals surface area contributed by atoms with Crippen molar-refractivity contribution in [2.24, 2.45) is 0 Å². The van der Waals surface area contributed by atoms with E-state index in [4.69, 9.17) is 9.47 Å². The first-order valence-electron chi connectivity index (χ1n) is 6.17. The Hall–Kier alpha value is -2.13. The maximum Gasteiger partial charge on any atom is 0.193 e. The molecule has 0 aromatic heterocycles. The molecule has 0 amide bonds. The van der Waals surface area contributed by atoms with Crippen LogP contribution in [0, 0.1) is 0 Å². The summed E-state index contributed by atoms with van der Waals surface area (Å²) in [6, 6.07) is 13.3. The van der Waals surface area contributed by atoms with Crippen LogP contribution in [0.1, 0.15) is 27.0 Å². The summed E-state index contributed by atoms with van der Waals surface area (Å²) >= 11 is 0. The third kappa shape index (κ3) is 2.02. The third-order valence-electron chi connectivity index (χ3n) is 3.34. The van der Waals surface area contributed by atoms with Gasteiger partial charge in [-0.2, -0.15) is 0 Å². The van der Waals surface area contributed by atoms with E-state index in [0.29, 0.717) is 0 Å². The largest absolute Gasteiger partial charge is 0.467 e. The number of fused-ring (bicyclic) bond motifs is 2. The topological polar surface area (TPSA) is 35.5 Å². The number of hydrogen-bond donors (Lipinski definition) is 0. The third-order valence-corrected chi connectivity index (χ3v) is 3.34. The van der Waals surface area contributed by atoms with E-state index in [0.717, 1.165) is 34.4 Å². The van der Waals surface area contributed by atoms with Crippen LogP contribution in [-0.4, -0.2) is 19.7 Å². The summed E-state index contributed by atoms with van der Waals surface area (Å²) in [4.78, 5) is 12.4. The summed E-state index contributed by atoms with van der Waals surface area (Å²) in [5, 5.41) is 0. The van der Waals surface area contributed by atoms with Crippen LogP contribution in [-0.2, 0) is 11.2 Å². The summed E-state index contributed by atoms with van der Waals surface area (Å²) in [7, 11) is 1.58. The lowest BCUT2D eigenvalue weighted by Crippen LogP contribution is -2.16. The molecule has 2 aromatic rings. The quantitative estimate of drug-likeness (QED) is 0.674. The van der Waals surface area contributed by atoms with E-state index in [1.165, 1.54) is 0 Å². The van der Waals surface area contributed by atoms with E-state index in [1.807, 2.05) is 42.5 Å². The van der Waals surface area contributed by atoms with Crippen LogP contribution in [0.4, 0.5) is 0 Å². The average molecular weight is 254 g/mol. The number of hydrogen-bond acceptors (Lipinski definition) is 3. The van der Waals surface area contributed by atoms with Gasteiger partial charge in [-0.25, -0.2) is 0 Å². The van der Waals surface area contributed by atoms with Gasteiger partial charge < -0.3 is 9.47 Å². The van der Waals surface area contributed by atoms with Crippen molar-refractivity contribution >= 4 is 5.78 Å². The highest BCUT2D eigenvalue weighted by Gasteiger charge is 2.25. The lowest BCUT2D eigenvalue weighted by Gasteiger charge is -2.20. The molecule has 0 bridgehead atoms. The van der Waals surface area contributed by atoms with Gasteiger partial charge in [-0.05, 0) is 11.6 Å². The summed E-state index contributed by atoms with van der Waals surface area (Å²) in [5.41, 5.74) is 3.52. The molecule has 0 aliphatic heterocycles. The smallest absolute Gasteiger partial charge is 0.193 e. The van der Waals surface area contributed by atoms with Gasteiger partial charge in [0.05, 0.1) is 0 Å². The van der Waals surface area contributed by atoms with Crippen molar-refractivity contribution in [3.8, 4) is 5.75 Å². The molecule has 3 nitrogen and oxygen atoms in total. The molecule has 0 saturated carbocycles. The number of carbonyl (C=O) groups excluding carboxylic acids is 1. The van der Waals surface area contributed by atoms with Crippen molar-refractivity contribution in [3.63, 3.8) is 0 Å². The van der Waals surface area contributed by atoms with E-state index in [9.17, 15) is 4.79 Å². The fourth-order valence-corrected chi connectivity index (χ4v) is 2.45. The fourth-order valence-electron chi connectivity index (χ4n) is 2.45. The van der Waals surface area contributed by atoms with Crippen LogP contribution in [0.5, 0.6) is 5.75 Å².